The molecule has 0 aliphatic carbocycles. The predicted molar refractivity (Wildman–Crippen MR) is 131 cm³/mol. The molecule has 5 nitrogen and oxygen atoms in total. The van der Waals surface area contributed by atoms with E-state index < -0.39 is 0 Å². The Morgan fingerprint density at radius 3 is 2.34 bits per heavy atom. The van der Waals surface area contributed by atoms with Crippen LogP contribution in [-0.2, 0) is 7.05 Å². The Morgan fingerprint density at radius 2 is 1.62 bits per heavy atom. The van der Waals surface area contributed by atoms with Gasteiger partial charge in [0.05, 0.1) is 11.0 Å². The summed E-state index contributed by atoms with van der Waals surface area (Å²) in [6.07, 6.45) is 0. The van der Waals surface area contributed by atoms with Crippen LogP contribution in [-0.4, -0.2) is 22.6 Å². The lowest BCUT2D eigenvalue weighted by Gasteiger charge is -2.21. The topological polar surface area (TPSA) is 51.3 Å². The minimum Gasteiger partial charge on any atom is -0.422 e. The number of benzene rings is 3. The van der Waals surface area contributed by atoms with E-state index in [1.165, 1.54) is 5.69 Å². The van der Waals surface area contributed by atoms with Gasteiger partial charge in [0.25, 0.3) is 0 Å². The number of aryl methyl sites for hydroxylation is 1. The molecule has 2 heterocycles. The summed E-state index contributed by atoms with van der Waals surface area (Å²) < 4.78 is 7.67. The van der Waals surface area contributed by atoms with Crippen molar-refractivity contribution in [2.75, 3.05) is 18.0 Å². The van der Waals surface area contributed by atoms with Crippen molar-refractivity contribution in [3.63, 3.8) is 0 Å². The summed E-state index contributed by atoms with van der Waals surface area (Å²) in [5, 5.41) is 0.871. The van der Waals surface area contributed by atoms with E-state index in [4.69, 9.17) is 4.42 Å². The van der Waals surface area contributed by atoms with Gasteiger partial charge in [-0.05, 0) is 61.4 Å². The highest BCUT2D eigenvalue weighted by atomic mass is 16.4. The molecule has 0 saturated carbocycles. The van der Waals surface area contributed by atoms with E-state index in [1.54, 1.807) is 0 Å². The van der Waals surface area contributed by atoms with Crippen LogP contribution in [0.4, 0.5) is 5.69 Å². The van der Waals surface area contributed by atoms with E-state index in [-0.39, 0.29) is 5.63 Å². The lowest BCUT2D eigenvalue weighted by Crippen LogP contribution is -2.21. The number of imidazole rings is 1. The van der Waals surface area contributed by atoms with Gasteiger partial charge in [0.2, 0.25) is 0 Å². The third-order valence-corrected chi connectivity index (χ3v) is 6.09. The summed E-state index contributed by atoms with van der Waals surface area (Å²) in [6, 6.07) is 24.2. The van der Waals surface area contributed by atoms with Crippen LogP contribution in [0.5, 0.6) is 0 Å². The standard InChI is InChI=1S/C27H25N3O2/c1-4-30(5-2)21-14-12-18(13-15-21)19-10-11-20-16-22(27(31)32-25(20)17-19)26-28-23-8-6-7-9-24(23)29(26)3/h6-17H,4-5H2,1-3H3. The maximum atomic E-state index is 12.9. The Kier molecular flexibility index (Phi) is 5.02. The van der Waals surface area contributed by atoms with Crippen molar-refractivity contribution in [3.05, 3.63) is 83.2 Å². The molecule has 0 amide bonds. The van der Waals surface area contributed by atoms with E-state index in [1.807, 2.05) is 54.1 Å². The fourth-order valence-electron chi connectivity index (χ4n) is 4.29. The summed E-state index contributed by atoms with van der Waals surface area (Å²) in [5.41, 5.74) is 5.80. The quantitative estimate of drug-likeness (QED) is 0.332. The largest absolute Gasteiger partial charge is 0.422 e. The van der Waals surface area contributed by atoms with Crippen molar-refractivity contribution in [3.8, 4) is 22.5 Å². The van der Waals surface area contributed by atoms with Gasteiger partial charge in [-0.1, -0.05) is 36.4 Å². The van der Waals surface area contributed by atoms with Gasteiger partial charge in [0.15, 0.2) is 0 Å². The van der Waals surface area contributed by atoms with Crippen molar-refractivity contribution in [1.29, 1.82) is 0 Å². The molecule has 0 fully saturated rings. The summed E-state index contributed by atoms with van der Waals surface area (Å²) >= 11 is 0. The SMILES string of the molecule is CCN(CC)c1ccc(-c2ccc3cc(-c4nc5ccccc5n4C)c(=O)oc3c2)cc1. The van der Waals surface area contributed by atoms with Crippen molar-refractivity contribution < 1.29 is 4.42 Å². The van der Waals surface area contributed by atoms with Crippen LogP contribution >= 0.6 is 0 Å². The first-order chi connectivity index (χ1) is 15.6. The zero-order valence-corrected chi connectivity index (χ0v) is 18.5. The van der Waals surface area contributed by atoms with Crippen LogP contribution in [0.1, 0.15) is 13.8 Å². The molecule has 0 saturated heterocycles. The molecule has 0 radical (unpaired) electrons. The lowest BCUT2D eigenvalue weighted by atomic mass is 10.0. The fraction of sp³-hybridized carbons (Fsp3) is 0.185. The highest BCUT2D eigenvalue weighted by molar-refractivity contribution is 5.87. The third-order valence-electron chi connectivity index (χ3n) is 6.09. The Hall–Kier alpha value is -3.86. The molecule has 160 valence electrons. The average molecular weight is 424 g/mol. The van der Waals surface area contributed by atoms with Crippen LogP contribution < -0.4 is 10.5 Å². The van der Waals surface area contributed by atoms with Crippen LogP contribution in [0.15, 0.2) is 82.0 Å². The van der Waals surface area contributed by atoms with Crippen molar-refractivity contribution in [2.45, 2.75) is 13.8 Å². The first-order valence-electron chi connectivity index (χ1n) is 10.9. The zero-order chi connectivity index (χ0) is 22.2. The molecular formula is C27H25N3O2. The third kappa shape index (κ3) is 3.36. The molecule has 5 heteroatoms. The second-order valence-electron chi connectivity index (χ2n) is 7.90. The normalized spacial score (nSPS) is 11.3. The van der Waals surface area contributed by atoms with Gasteiger partial charge in [-0.15, -0.1) is 0 Å². The monoisotopic (exact) mass is 423 g/mol. The Morgan fingerprint density at radius 1 is 0.906 bits per heavy atom. The minimum absolute atomic E-state index is 0.384. The summed E-state index contributed by atoms with van der Waals surface area (Å²) in [6.45, 7) is 6.27. The Bertz CT molecular complexity index is 1480. The maximum absolute atomic E-state index is 12.9. The van der Waals surface area contributed by atoms with Gasteiger partial charge in [-0.3, -0.25) is 0 Å². The fourth-order valence-corrected chi connectivity index (χ4v) is 4.29. The maximum Gasteiger partial charge on any atom is 0.347 e. The average Bonchev–Trinajstić information content (AvgIpc) is 3.16. The molecule has 5 rings (SSSR count). The number of hydrogen-bond donors (Lipinski definition) is 0. The Labute approximate surface area is 186 Å². The van der Waals surface area contributed by atoms with Crippen LogP contribution in [0.3, 0.4) is 0 Å². The molecule has 2 aromatic heterocycles. The van der Waals surface area contributed by atoms with Gasteiger partial charge in [-0.25, -0.2) is 9.78 Å². The molecule has 5 aromatic rings. The number of hydrogen-bond acceptors (Lipinski definition) is 4. The molecule has 0 bridgehead atoms. The highest BCUT2D eigenvalue weighted by Crippen LogP contribution is 2.28. The summed E-state index contributed by atoms with van der Waals surface area (Å²) in [5.74, 6) is 0.609. The van der Waals surface area contributed by atoms with Crippen LogP contribution in [0, 0.1) is 0 Å². The molecule has 0 N–H and O–H groups in total. The van der Waals surface area contributed by atoms with E-state index >= 15 is 0 Å². The first-order valence-corrected chi connectivity index (χ1v) is 10.9. The van der Waals surface area contributed by atoms with Gasteiger partial charge < -0.3 is 13.9 Å². The van der Waals surface area contributed by atoms with E-state index in [9.17, 15) is 4.79 Å². The van der Waals surface area contributed by atoms with Crippen molar-refractivity contribution in [1.82, 2.24) is 9.55 Å². The molecule has 0 spiro atoms. The van der Waals surface area contributed by atoms with Crippen LogP contribution in [0.2, 0.25) is 0 Å². The van der Waals surface area contributed by atoms with E-state index in [2.05, 4.69) is 54.1 Å². The summed E-state index contributed by atoms with van der Waals surface area (Å²) in [4.78, 5) is 19.8. The second kappa shape index (κ2) is 8.00. The van der Waals surface area contributed by atoms with Gasteiger partial charge in [0.1, 0.15) is 17.0 Å². The smallest absolute Gasteiger partial charge is 0.347 e. The zero-order valence-electron chi connectivity index (χ0n) is 18.5. The molecule has 3 aromatic carbocycles. The molecule has 0 atom stereocenters. The highest BCUT2D eigenvalue weighted by Gasteiger charge is 2.15. The lowest BCUT2D eigenvalue weighted by molar-refractivity contribution is 0.562. The molecule has 32 heavy (non-hydrogen) atoms. The first kappa shape index (κ1) is 20.1. The van der Waals surface area contributed by atoms with Gasteiger partial charge in [-0.2, -0.15) is 0 Å². The second-order valence-corrected chi connectivity index (χ2v) is 7.90. The Balaban J connectivity index is 1.55. The summed E-state index contributed by atoms with van der Waals surface area (Å²) in [7, 11) is 1.92. The molecule has 0 aliphatic rings. The van der Waals surface area contributed by atoms with Crippen LogP contribution in [0.25, 0.3) is 44.5 Å². The van der Waals surface area contributed by atoms with Gasteiger partial charge in [0, 0.05) is 31.2 Å². The number of rotatable bonds is 5. The van der Waals surface area contributed by atoms with E-state index in [0.717, 1.165) is 40.6 Å². The predicted octanol–water partition coefficient (Wildman–Crippen LogP) is 5.86. The minimum atomic E-state index is -0.384. The van der Waals surface area contributed by atoms with Crippen molar-refractivity contribution >= 4 is 27.7 Å². The molecular weight excluding hydrogens is 398 g/mol. The number of nitrogens with zero attached hydrogens (tertiary/aromatic N) is 3. The van der Waals surface area contributed by atoms with E-state index in [0.29, 0.717) is 17.0 Å². The number of anilines is 1. The number of para-hydroxylation sites is 2. The molecule has 0 aliphatic heterocycles. The van der Waals surface area contributed by atoms with Gasteiger partial charge >= 0.3 is 5.63 Å². The molecule has 0 unspecified atom stereocenters. The number of fused-ring (bicyclic) bond motifs is 2. The number of aromatic nitrogens is 2. The van der Waals surface area contributed by atoms with Crippen molar-refractivity contribution in [2.24, 2.45) is 7.05 Å².